The van der Waals surface area contributed by atoms with Gasteiger partial charge < -0.3 is 10.1 Å². The quantitative estimate of drug-likeness (QED) is 0.745. The van der Waals surface area contributed by atoms with Crippen LogP contribution in [0.3, 0.4) is 0 Å². The lowest BCUT2D eigenvalue weighted by molar-refractivity contribution is 0.303. The number of halogens is 1. The van der Waals surface area contributed by atoms with E-state index in [9.17, 15) is 0 Å². The number of likely N-dealkylation sites (N-methyl/N-ethyl adjacent to an activating group) is 1. The second kappa shape index (κ2) is 8.20. The van der Waals surface area contributed by atoms with Gasteiger partial charge in [-0.2, -0.15) is 0 Å². The van der Waals surface area contributed by atoms with Crippen LogP contribution in [0.2, 0.25) is 0 Å². The molecule has 2 nitrogen and oxygen atoms in total. The molecule has 2 rings (SSSR count). The first kappa shape index (κ1) is 16.1. The summed E-state index contributed by atoms with van der Waals surface area (Å²) in [6.07, 6.45) is 1.03. The molecule has 3 heteroatoms. The molecule has 0 fully saturated rings. The maximum Gasteiger partial charge on any atom is 0.134 e. The zero-order valence-corrected chi connectivity index (χ0v) is 14.2. The van der Waals surface area contributed by atoms with E-state index in [1.807, 2.05) is 6.07 Å². The standard InChI is InChI=1S/C18H22BrNO/c1-3-20-11-10-15-6-4-5-7-16(15)13-21-18-9-8-14(2)12-17(18)19/h4-9,12,20H,3,10-11,13H2,1-2H3. The Labute approximate surface area is 135 Å². The van der Waals surface area contributed by atoms with E-state index >= 15 is 0 Å². The van der Waals surface area contributed by atoms with Crippen molar-refractivity contribution in [2.45, 2.75) is 26.9 Å². The molecule has 112 valence electrons. The Bertz CT molecular complexity index is 583. The lowest BCUT2D eigenvalue weighted by Crippen LogP contribution is -2.17. The lowest BCUT2D eigenvalue weighted by atomic mass is 10.1. The maximum atomic E-state index is 5.96. The van der Waals surface area contributed by atoms with Gasteiger partial charge in [-0.15, -0.1) is 0 Å². The summed E-state index contributed by atoms with van der Waals surface area (Å²) in [6.45, 7) is 6.81. The largest absolute Gasteiger partial charge is 0.488 e. The van der Waals surface area contributed by atoms with Crippen molar-refractivity contribution < 1.29 is 4.74 Å². The second-order valence-corrected chi connectivity index (χ2v) is 5.95. The fourth-order valence-electron chi connectivity index (χ4n) is 2.22. The van der Waals surface area contributed by atoms with Crippen LogP contribution in [0, 0.1) is 6.92 Å². The van der Waals surface area contributed by atoms with Gasteiger partial charge in [-0.3, -0.25) is 0 Å². The summed E-state index contributed by atoms with van der Waals surface area (Å²) in [5.74, 6) is 0.891. The molecule has 0 saturated heterocycles. The Morgan fingerprint density at radius 2 is 1.86 bits per heavy atom. The summed E-state index contributed by atoms with van der Waals surface area (Å²) in [4.78, 5) is 0. The van der Waals surface area contributed by atoms with Crippen molar-refractivity contribution in [2.24, 2.45) is 0 Å². The van der Waals surface area contributed by atoms with E-state index in [2.05, 4.69) is 71.5 Å². The third-order valence-electron chi connectivity index (χ3n) is 3.41. The van der Waals surface area contributed by atoms with Gasteiger partial charge in [0.1, 0.15) is 12.4 Å². The molecule has 0 heterocycles. The van der Waals surface area contributed by atoms with Crippen LogP contribution in [0.1, 0.15) is 23.6 Å². The molecule has 1 N–H and O–H groups in total. The molecule has 0 spiro atoms. The van der Waals surface area contributed by atoms with Crippen molar-refractivity contribution in [1.29, 1.82) is 0 Å². The molecule has 0 saturated carbocycles. The van der Waals surface area contributed by atoms with Gasteiger partial charge in [0.15, 0.2) is 0 Å². The molecule has 0 atom stereocenters. The Kier molecular flexibility index (Phi) is 6.27. The van der Waals surface area contributed by atoms with Crippen LogP contribution in [0.4, 0.5) is 0 Å². The Morgan fingerprint density at radius 3 is 2.57 bits per heavy atom. The highest BCUT2D eigenvalue weighted by Crippen LogP contribution is 2.26. The van der Waals surface area contributed by atoms with Crippen molar-refractivity contribution in [1.82, 2.24) is 5.32 Å². The number of rotatable bonds is 7. The van der Waals surface area contributed by atoms with Crippen LogP contribution >= 0.6 is 15.9 Å². The highest BCUT2D eigenvalue weighted by molar-refractivity contribution is 9.10. The number of nitrogens with one attached hydrogen (secondary N) is 1. The molecule has 0 radical (unpaired) electrons. The van der Waals surface area contributed by atoms with E-state index in [-0.39, 0.29) is 0 Å². The van der Waals surface area contributed by atoms with Crippen molar-refractivity contribution in [3.05, 3.63) is 63.6 Å². The van der Waals surface area contributed by atoms with Crippen molar-refractivity contribution in [2.75, 3.05) is 13.1 Å². The molecule has 0 aromatic heterocycles. The second-order valence-electron chi connectivity index (χ2n) is 5.09. The zero-order valence-electron chi connectivity index (χ0n) is 12.7. The van der Waals surface area contributed by atoms with E-state index < -0.39 is 0 Å². The van der Waals surface area contributed by atoms with Crippen LogP contribution in [0.5, 0.6) is 5.75 Å². The predicted molar refractivity (Wildman–Crippen MR) is 91.9 cm³/mol. The van der Waals surface area contributed by atoms with Gasteiger partial charge in [0.05, 0.1) is 4.47 Å². The Morgan fingerprint density at radius 1 is 1.10 bits per heavy atom. The molecular weight excluding hydrogens is 326 g/mol. The fraction of sp³-hybridized carbons (Fsp3) is 0.333. The third-order valence-corrected chi connectivity index (χ3v) is 4.03. The minimum absolute atomic E-state index is 0.601. The van der Waals surface area contributed by atoms with Gasteiger partial charge in [-0.25, -0.2) is 0 Å². The number of hydrogen-bond donors (Lipinski definition) is 1. The summed E-state index contributed by atoms with van der Waals surface area (Å²) in [5, 5.41) is 3.36. The molecule has 0 aliphatic rings. The van der Waals surface area contributed by atoms with Gasteiger partial charge in [0.2, 0.25) is 0 Å². The summed E-state index contributed by atoms with van der Waals surface area (Å²) in [6, 6.07) is 14.6. The minimum Gasteiger partial charge on any atom is -0.488 e. The van der Waals surface area contributed by atoms with Crippen molar-refractivity contribution in [3.63, 3.8) is 0 Å². The first-order chi connectivity index (χ1) is 10.2. The highest BCUT2D eigenvalue weighted by Gasteiger charge is 2.05. The zero-order chi connectivity index (χ0) is 15.1. The first-order valence-electron chi connectivity index (χ1n) is 7.37. The van der Waals surface area contributed by atoms with Crippen LogP contribution in [0.25, 0.3) is 0 Å². The summed E-state index contributed by atoms with van der Waals surface area (Å²) >= 11 is 3.56. The van der Waals surface area contributed by atoms with Crippen LogP contribution in [0.15, 0.2) is 46.9 Å². The summed E-state index contributed by atoms with van der Waals surface area (Å²) in [7, 11) is 0. The van der Waals surface area contributed by atoms with E-state index in [0.29, 0.717) is 6.61 Å². The predicted octanol–water partition coefficient (Wildman–Crippen LogP) is 4.49. The van der Waals surface area contributed by atoms with Crippen LogP contribution < -0.4 is 10.1 Å². The average molecular weight is 348 g/mol. The molecule has 21 heavy (non-hydrogen) atoms. The molecular formula is C18H22BrNO. The normalized spacial score (nSPS) is 10.6. The topological polar surface area (TPSA) is 21.3 Å². The van der Waals surface area contributed by atoms with Crippen molar-refractivity contribution >= 4 is 15.9 Å². The smallest absolute Gasteiger partial charge is 0.134 e. The van der Waals surface area contributed by atoms with E-state index in [1.165, 1.54) is 16.7 Å². The van der Waals surface area contributed by atoms with Crippen molar-refractivity contribution in [3.8, 4) is 5.75 Å². The van der Waals surface area contributed by atoms with E-state index in [4.69, 9.17) is 4.74 Å². The lowest BCUT2D eigenvalue weighted by Gasteiger charge is -2.12. The molecule has 2 aromatic carbocycles. The average Bonchev–Trinajstić information content (AvgIpc) is 2.48. The van der Waals surface area contributed by atoms with Gasteiger partial charge in [-0.1, -0.05) is 37.3 Å². The minimum atomic E-state index is 0.601. The summed E-state index contributed by atoms with van der Waals surface area (Å²) < 4.78 is 6.96. The molecule has 0 unspecified atom stereocenters. The summed E-state index contributed by atoms with van der Waals surface area (Å²) in [5.41, 5.74) is 3.82. The Hall–Kier alpha value is -1.32. The van der Waals surface area contributed by atoms with E-state index in [1.54, 1.807) is 0 Å². The maximum absolute atomic E-state index is 5.96. The Balaban J connectivity index is 2.02. The number of benzene rings is 2. The number of ether oxygens (including phenoxy) is 1. The number of aryl methyl sites for hydroxylation is 1. The molecule has 0 bridgehead atoms. The molecule has 0 aliphatic heterocycles. The monoisotopic (exact) mass is 347 g/mol. The van der Waals surface area contributed by atoms with E-state index in [0.717, 1.165) is 29.7 Å². The van der Waals surface area contributed by atoms with Crippen LogP contribution in [-0.2, 0) is 13.0 Å². The molecule has 0 aliphatic carbocycles. The van der Waals surface area contributed by atoms with Gasteiger partial charge in [-0.05, 0) is 71.2 Å². The highest BCUT2D eigenvalue weighted by atomic mass is 79.9. The van der Waals surface area contributed by atoms with Gasteiger partial charge in [0.25, 0.3) is 0 Å². The SMILES string of the molecule is CCNCCc1ccccc1COc1ccc(C)cc1Br. The third kappa shape index (κ3) is 4.87. The molecule has 0 amide bonds. The van der Waals surface area contributed by atoms with Gasteiger partial charge in [0, 0.05) is 0 Å². The first-order valence-corrected chi connectivity index (χ1v) is 8.16. The number of hydrogen-bond acceptors (Lipinski definition) is 2. The van der Waals surface area contributed by atoms with Crippen LogP contribution in [-0.4, -0.2) is 13.1 Å². The fourth-order valence-corrected chi connectivity index (χ4v) is 2.83. The van der Waals surface area contributed by atoms with Gasteiger partial charge >= 0.3 is 0 Å². The molecule has 2 aromatic rings.